The zero-order chi connectivity index (χ0) is 20.1. The van der Waals surface area contributed by atoms with Crippen LogP contribution in [-0.2, 0) is 0 Å². The number of hydrazone groups is 1. The predicted octanol–water partition coefficient (Wildman–Crippen LogP) is 3.41. The summed E-state index contributed by atoms with van der Waals surface area (Å²) in [4.78, 5) is 16.0. The molecule has 0 aliphatic heterocycles. The quantitative estimate of drug-likeness (QED) is 0.410. The Labute approximate surface area is 170 Å². The van der Waals surface area contributed by atoms with E-state index in [1.54, 1.807) is 12.1 Å². The number of aromatic nitrogens is 1. The van der Waals surface area contributed by atoms with Gasteiger partial charge in [0, 0.05) is 5.56 Å². The van der Waals surface area contributed by atoms with Crippen molar-refractivity contribution in [3.63, 3.8) is 0 Å². The van der Waals surface area contributed by atoms with Gasteiger partial charge in [-0.15, -0.1) is 0 Å². The molecule has 11 heteroatoms. The van der Waals surface area contributed by atoms with E-state index < -0.39 is 5.91 Å². The highest BCUT2D eigenvalue weighted by Gasteiger charge is 2.19. The summed E-state index contributed by atoms with van der Waals surface area (Å²) in [6, 6.07) is 3.30. The Morgan fingerprint density at radius 1 is 1.11 bits per heavy atom. The minimum absolute atomic E-state index is 0.0286. The van der Waals surface area contributed by atoms with Crippen molar-refractivity contribution in [2.24, 2.45) is 5.10 Å². The molecule has 0 atom stereocenters. The summed E-state index contributed by atoms with van der Waals surface area (Å²) in [5, 5.41) is 3.56. The number of amides is 1. The Morgan fingerprint density at radius 3 is 2.22 bits per heavy atom. The van der Waals surface area contributed by atoms with Gasteiger partial charge in [0.05, 0.1) is 38.3 Å². The van der Waals surface area contributed by atoms with E-state index in [1.807, 2.05) is 0 Å². The highest BCUT2D eigenvalue weighted by molar-refractivity contribution is 6.46. The average Bonchev–Trinajstić information content (AvgIpc) is 2.67. The van der Waals surface area contributed by atoms with Crippen LogP contribution >= 0.6 is 34.8 Å². The van der Waals surface area contributed by atoms with Crippen molar-refractivity contribution in [3.8, 4) is 17.2 Å². The maximum atomic E-state index is 12.2. The molecule has 0 bridgehead atoms. The Balaban J connectivity index is 2.24. The van der Waals surface area contributed by atoms with Gasteiger partial charge in [-0.25, -0.2) is 10.4 Å². The number of benzene rings is 1. The second-order valence-corrected chi connectivity index (χ2v) is 6.06. The number of anilines is 1. The molecular weight excluding hydrogens is 419 g/mol. The molecule has 144 valence electrons. The van der Waals surface area contributed by atoms with E-state index in [1.165, 1.54) is 27.5 Å². The minimum atomic E-state index is -0.714. The van der Waals surface area contributed by atoms with Crippen LogP contribution in [0.3, 0.4) is 0 Å². The lowest BCUT2D eigenvalue weighted by Gasteiger charge is -2.12. The monoisotopic (exact) mass is 432 g/mol. The van der Waals surface area contributed by atoms with Crippen molar-refractivity contribution < 1.29 is 19.0 Å². The third-order valence-corrected chi connectivity index (χ3v) is 4.49. The number of methoxy groups -OCH3 is 3. The number of nitrogens with one attached hydrogen (secondary N) is 1. The molecular formula is C16H15Cl3N4O4. The van der Waals surface area contributed by atoms with Crippen LogP contribution in [0.5, 0.6) is 17.2 Å². The average molecular weight is 434 g/mol. The van der Waals surface area contributed by atoms with Gasteiger partial charge in [-0.1, -0.05) is 34.8 Å². The van der Waals surface area contributed by atoms with Crippen molar-refractivity contribution >= 4 is 52.6 Å². The number of nitrogen functional groups attached to an aromatic ring is 1. The Bertz CT molecular complexity index is 881. The molecule has 1 aromatic carbocycles. The molecule has 0 aliphatic rings. The summed E-state index contributed by atoms with van der Waals surface area (Å²) in [5.74, 6) is 0.593. The van der Waals surface area contributed by atoms with Crippen LogP contribution in [0.1, 0.15) is 16.1 Å². The van der Waals surface area contributed by atoms with Crippen LogP contribution in [0.2, 0.25) is 15.2 Å². The summed E-state index contributed by atoms with van der Waals surface area (Å²) in [6.45, 7) is 0. The SMILES string of the molecule is COc1cc(/C=N/NC(=O)c2nc(Cl)c(Cl)c(N)c2Cl)cc(OC)c1OC. The highest BCUT2D eigenvalue weighted by Crippen LogP contribution is 2.38. The first-order valence-corrected chi connectivity index (χ1v) is 8.40. The summed E-state index contributed by atoms with van der Waals surface area (Å²) in [5.41, 5.74) is 8.30. The molecule has 0 radical (unpaired) electrons. The van der Waals surface area contributed by atoms with Gasteiger partial charge in [-0.05, 0) is 12.1 Å². The third-order valence-electron chi connectivity index (χ3n) is 3.35. The first-order valence-electron chi connectivity index (χ1n) is 7.27. The number of carbonyl (C=O) groups excluding carboxylic acids is 1. The fourth-order valence-electron chi connectivity index (χ4n) is 2.08. The van der Waals surface area contributed by atoms with E-state index in [2.05, 4.69) is 15.5 Å². The molecule has 27 heavy (non-hydrogen) atoms. The number of ether oxygens (including phenoxy) is 3. The standard InChI is InChI=1S/C16H15Cl3N4O4/c1-25-8-4-7(5-9(26-2)14(8)27-3)6-21-23-16(24)13-10(17)12(20)11(18)15(19)22-13/h4-6H,1-3H3,(H2,20,22)(H,23,24)/b21-6+. The maximum absolute atomic E-state index is 12.2. The first kappa shape index (κ1) is 20.9. The van der Waals surface area contributed by atoms with Crippen molar-refractivity contribution in [3.05, 3.63) is 38.6 Å². The molecule has 2 aromatic rings. The minimum Gasteiger partial charge on any atom is -0.493 e. The van der Waals surface area contributed by atoms with E-state index in [4.69, 9.17) is 54.7 Å². The van der Waals surface area contributed by atoms with E-state index in [-0.39, 0.29) is 26.6 Å². The first-order chi connectivity index (χ1) is 12.8. The van der Waals surface area contributed by atoms with Crippen LogP contribution in [0.4, 0.5) is 5.69 Å². The van der Waals surface area contributed by atoms with Crippen LogP contribution in [0, 0.1) is 0 Å². The Kier molecular flexibility index (Phi) is 6.95. The zero-order valence-electron chi connectivity index (χ0n) is 14.5. The zero-order valence-corrected chi connectivity index (χ0v) is 16.7. The molecule has 0 aliphatic carbocycles. The summed E-state index contributed by atoms with van der Waals surface area (Å²) in [6.07, 6.45) is 1.37. The number of carbonyl (C=O) groups is 1. The van der Waals surface area contributed by atoms with E-state index >= 15 is 0 Å². The molecule has 1 aromatic heterocycles. The van der Waals surface area contributed by atoms with Crippen molar-refractivity contribution in [1.82, 2.24) is 10.4 Å². The van der Waals surface area contributed by atoms with Gasteiger partial charge in [0.15, 0.2) is 22.3 Å². The fraction of sp³-hybridized carbons (Fsp3) is 0.188. The lowest BCUT2D eigenvalue weighted by molar-refractivity contribution is 0.0950. The third kappa shape index (κ3) is 4.47. The summed E-state index contributed by atoms with van der Waals surface area (Å²) >= 11 is 17.6. The topological polar surface area (TPSA) is 108 Å². The molecule has 3 N–H and O–H groups in total. The molecule has 8 nitrogen and oxygen atoms in total. The lowest BCUT2D eigenvalue weighted by atomic mass is 10.2. The molecule has 0 fully saturated rings. The molecule has 2 rings (SSSR count). The van der Waals surface area contributed by atoms with Crippen LogP contribution < -0.4 is 25.4 Å². The predicted molar refractivity (Wildman–Crippen MR) is 105 cm³/mol. The maximum Gasteiger partial charge on any atom is 0.291 e. The number of nitrogens with two attached hydrogens (primary N) is 1. The smallest absolute Gasteiger partial charge is 0.291 e. The van der Waals surface area contributed by atoms with Gasteiger partial charge >= 0.3 is 0 Å². The number of hydrogen-bond donors (Lipinski definition) is 2. The van der Waals surface area contributed by atoms with Crippen molar-refractivity contribution in [2.45, 2.75) is 0 Å². The Hall–Kier alpha value is -2.42. The van der Waals surface area contributed by atoms with Crippen LogP contribution in [0.25, 0.3) is 0 Å². The number of halogens is 3. The van der Waals surface area contributed by atoms with Crippen LogP contribution in [0.15, 0.2) is 17.2 Å². The summed E-state index contributed by atoms with van der Waals surface area (Å²) in [7, 11) is 4.47. The molecule has 0 unspecified atom stereocenters. The number of rotatable bonds is 6. The number of nitrogens with zero attached hydrogens (tertiary/aromatic N) is 2. The summed E-state index contributed by atoms with van der Waals surface area (Å²) < 4.78 is 15.7. The highest BCUT2D eigenvalue weighted by atomic mass is 35.5. The largest absolute Gasteiger partial charge is 0.493 e. The van der Waals surface area contributed by atoms with E-state index in [0.717, 1.165) is 0 Å². The van der Waals surface area contributed by atoms with Crippen molar-refractivity contribution in [1.29, 1.82) is 0 Å². The lowest BCUT2D eigenvalue weighted by Crippen LogP contribution is -2.20. The van der Waals surface area contributed by atoms with Gasteiger partial charge in [0.25, 0.3) is 5.91 Å². The Morgan fingerprint density at radius 2 is 1.70 bits per heavy atom. The van der Waals surface area contributed by atoms with Gasteiger partial charge < -0.3 is 19.9 Å². The number of hydrogen-bond acceptors (Lipinski definition) is 7. The van der Waals surface area contributed by atoms with Gasteiger partial charge in [0.2, 0.25) is 5.75 Å². The second kappa shape index (κ2) is 8.98. The fourth-order valence-corrected chi connectivity index (χ4v) is 2.67. The molecule has 0 spiro atoms. The van der Waals surface area contributed by atoms with Crippen molar-refractivity contribution in [2.75, 3.05) is 27.1 Å². The molecule has 1 amide bonds. The molecule has 0 saturated carbocycles. The van der Waals surface area contributed by atoms with E-state index in [9.17, 15) is 4.79 Å². The van der Waals surface area contributed by atoms with Gasteiger partial charge in [-0.2, -0.15) is 5.10 Å². The van der Waals surface area contributed by atoms with Gasteiger partial charge in [0.1, 0.15) is 5.02 Å². The second-order valence-electron chi connectivity index (χ2n) is 4.95. The number of pyridine rings is 1. The molecule has 1 heterocycles. The molecule has 0 saturated heterocycles. The van der Waals surface area contributed by atoms with Gasteiger partial charge in [-0.3, -0.25) is 4.79 Å². The van der Waals surface area contributed by atoms with Crippen LogP contribution in [-0.4, -0.2) is 38.4 Å². The van der Waals surface area contributed by atoms with E-state index in [0.29, 0.717) is 22.8 Å². The normalized spacial score (nSPS) is 10.7.